The maximum atomic E-state index is 9.97. The third-order valence-electron chi connectivity index (χ3n) is 4.76. The highest BCUT2D eigenvalue weighted by Crippen LogP contribution is 2.56. The molecule has 2 heteroatoms. The van der Waals surface area contributed by atoms with Crippen molar-refractivity contribution in [3.8, 4) is 0 Å². The van der Waals surface area contributed by atoms with E-state index in [0.717, 1.165) is 19.3 Å². The molecule has 0 saturated heterocycles. The average Bonchev–Trinajstić information content (AvgIpc) is 2.46. The predicted octanol–water partition coefficient (Wildman–Crippen LogP) is 1.95. The van der Waals surface area contributed by atoms with E-state index in [1.165, 1.54) is 19.3 Å². The van der Waals surface area contributed by atoms with Gasteiger partial charge in [0.2, 0.25) is 0 Å². The fourth-order valence-corrected chi connectivity index (χ4v) is 3.89. The standard InChI is InChI=1S/C12H22O2/c1-12-7-2-3-11(14)10(12)5-4-9(12)6-8-13/h9-11,13-14H,2-8H2,1H3/t9?,10-,11-,12+/m0/s1. The molecule has 0 radical (unpaired) electrons. The van der Waals surface area contributed by atoms with Crippen LogP contribution in [0, 0.1) is 17.3 Å². The van der Waals surface area contributed by atoms with E-state index in [2.05, 4.69) is 6.92 Å². The van der Waals surface area contributed by atoms with Gasteiger partial charge in [-0.05, 0) is 49.4 Å². The Balaban J connectivity index is 2.12. The molecule has 2 fully saturated rings. The summed E-state index contributed by atoms with van der Waals surface area (Å²) in [5.41, 5.74) is 0.320. The first-order chi connectivity index (χ1) is 6.68. The van der Waals surface area contributed by atoms with Gasteiger partial charge in [-0.1, -0.05) is 13.3 Å². The van der Waals surface area contributed by atoms with Gasteiger partial charge >= 0.3 is 0 Å². The zero-order chi connectivity index (χ0) is 10.2. The third kappa shape index (κ3) is 1.49. The SMILES string of the molecule is C[C@]12CCC[C@H](O)[C@@H]1CCC2CCO. The van der Waals surface area contributed by atoms with Crippen LogP contribution in [0.5, 0.6) is 0 Å². The molecule has 0 spiro atoms. The molecule has 2 saturated carbocycles. The summed E-state index contributed by atoms with van der Waals surface area (Å²) in [6.45, 7) is 2.64. The van der Waals surface area contributed by atoms with Crippen LogP contribution in [-0.4, -0.2) is 22.9 Å². The Labute approximate surface area is 86.3 Å². The normalized spacial score (nSPS) is 47.8. The molecule has 0 aliphatic heterocycles. The van der Waals surface area contributed by atoms with Gasteiger partial charge in [0.1, 0.15) is 0 Å². The van der Waals surface area contributed by atoms with Crippen LogP contribution in [0.1, 0.15) is 45.4 Å². The van der Waals surface area contributed by atoms with Crippen molar-refractivity contribution in [2.24, 2.45) is 17.3 Å². The molecule has 0 aromatic rings. The van der Waals surface area contributed by atoms with Crippen LogP contribution in [0.15, 0.2) is 0 Å². The maximum absolute atomic E-state index is 9.97. The molecule has 1 unspecified atom stereocenters. The molecule has 2 aliphatic rings. The second-order valence-corrected chi connectivity index (χ2v) is 5.36. The summed E-state index contributed by atoms with van der Waals surface area (Å²) < 4.78 is 0. The minimum Gasteiger partial charge on any atom is -0.396 e. The number of aliphatic hydroxyl groups is 2. The Bertz CT molecular complexity index is 204. The Kier molecular flexibility index (Phi) is 2.85. The van der Waals surface area contributed by atoms with Gasteiger partial charge in [0, 0.05) is 6.61 Å². The van der Waals surface area contributed by atoms with Crippen molar-refractivity contribution in [2.45, 2.75) is 51.6 Å². The molecule has 0 bridgehead atoms. The molecule has 0 aromatic heterocycles. The number of aliphatic hydroxyl groups excluding tert-OH is 2. The van der Waals surface area contributed by atoms with E-state index in [0.29, 0.717) is 23.9 Å². The largest absolute Gasteiger partial charge is 0.396 e. The lowest BCUT2D eigenvalue weighted by Gasteiger charge is -2.43. The molecule has 2 rings (SSSR count). The smallest absolute Gasteiger partial charge is 0.0573 e. The highest BCUT2D eigenvalue weighted by atomic mass is 16.3. The number of fused-ring (bicyclic) bond motifs is 1. The van der Waals surface area contributed by atoms with E-state index >= 15 is 0 Å². The van der Waals surface area contributed by atoms with Crippen LogP contribution in [-0.2, 0) is 0 Å². The first-order valence-electron chi connectivity index (χ1n) is 5.97. The van der Waals surface area contributed by atoms with Crippen LogP contribution in [0.25, 0.3) is 0 Å². The van der Waals surface area contributed by atoms with Gasteiger partial charge in [0.05, 0.1) is 6.10 Å². The lowest BCUT2D eigenvalue weighted by atomic mass is 9.64. The highest BCUT2D eigenvalue weighted by molar-refractivity contribution is 5.00. The highest BCUT2D eigenvalue weighted by Gasteiger charge is 2.50. The maximum Gasteiger partial charge on any atom is 0.0573 e. The molecule has 0 heterocycles. The summed E-state index contributed by atoms with van der Waals surface area (Å²) in [6, 6.07) is 0. The average molecular weight is 198 g/mol. The summed E-state index contributed by atoms with van der Waals surface area (Å²) in [5, 5.41) is 19.0. The number of hydrogen-bond donors (Lipinski definition) is 2. The van der Waals surface area contributed by atoms with Crippen molar-refractivity contribution < 1.29 is 10.2 Å². The molecule has 2 N–H and O–H groups in total. The molecule has 14 heavy (non-hydrogen) atoms. The lowest BCUT2D eigenvalue weighted by molar-refractivity contribution is -0.0207. The van der Waals surface area contributed by atoms with Crippen LogP contribution in [0.3, 0.4) is 0 Å². The van der Waals surface area contributed by atoms with E-state index < -0.39 is 0 Å². The zero-order valence-electron chi connectivity index (χ0n) is 9.08. The Morgan fingerprint density at radius 3 is 2.79 bits per heavy atom. The third-order valence-corrected chi connectivity index (χ3v) is 4.76. The van der Waals surface area contributed by atoms with Crippen molar-refractivity contribution in [2.75, 3.05) is 6.61 Å². The van der Waals surface area contributed by atoms with E-state index in [1.54, 1.807) is 0 Å². The first-order valence-corrected chi connectivity index (χ1v) is 5.97. The van der Waals surface area contributed by atoms with Crippen molar-refractivity contribution >= 4 is 0 Å². The van der Waals surface area contributed by atoms with Crippen LogP contribution < -0.4 is 0 Å². The molecule has 4 atom stereocenters. The van der Waals surface area contributed by atoms with Crippen LogP contribution in [0.4, 0.5) is 0 Å². The molecule has 2 aliphatic carbocycles. The van der Waals surface area contributed by atoms with Gasteiger partial charge in [0.15, 0.2) is 0 Å². The van der Waals surface area contributed by atoms with E-state index in [1.807, 2.05) is 0 Å². The minimum atomic E-state index is -0.0718. The fraction of sp³-hybridized carbons (Fsp3) is 1.00. The van der Waals surface area contributed by atoms with Gasteiger partial charge in [-0.2, -0.15) is 0 Å². The second kappa shape index (κ2) is 3.82. The van der Waals surface area contributed by atoms with Gasteiger partial charge in [-0.15, -0.1) is 0 Å². The van der Waals surface area contributed by atoms with Crippen LogP contribution >= 0.6 is 0 Å². The van der Waals surface area contributed by atoms with E-state index in [9.17, 15) is 5.11 Å². The fourth-order valence-electron chi connectivity index (χ4n) is 3.89. The first kappa shape index (κ1) is 10.4. The van der Waals surface area contributed by atoms with Gasteiger partial charge < -0.3 is 10.2 Å². The number of rotatable bonds is 2. The minimum absolute atomic E-state index is 0.0718. The zero-order valence-corrected chi connectivity index (χ0v) is 9.08. The summed E-state index contributed by atoms with van der Waals surface area (Å²) >= 11 is 0. The Hall–Kier alpha value is -0.0800. The monoisotopic (exact) mass is 198 g/mol. The summed E-state index contributed by atoms with van der Waals surface area (Å²) in [7, 11) is 0. The van der Waals surface area contributed by atoms with E-state index in [4.69, 9.17) is 5.11 Å². The Morgan fingerprint density at radius 2 is 2.07 bits per heavy atom. The summed E-state index contributed by atoms with van der Waals surface area (Å²) in [6.07, 6.45) is 6.64. The molecule has 0 aromatic carbocycles. The topological polar surface area (TPSA) is 40.5 Å². The van der Waals surface area contributed by atoms with Crippen LogP contribution in [0.2, 0.25) is 0 Å². The lowest BCUT2D eigenvalue weighted by Crippen LogP contribution is -2.39. The number of hydrogen-bond acceptors (Lipinski definition) is 2. The van der Waals surface area contributed by atoms with Gasteiger partial charge in [0.25, 0.3) is 0 Å². The van der Waals surface area contributed by atoms with E-state index in [-0.39, 0.29) is 6.10 Å². The van der Waals surface area contributed by atoms with Crippen molar-refractivity contribution in [1.29, 1.82) is 0 Å². The van der Waals surface area contributed by atoms with Gasteiger partial charge in [-0.3, -0.25) is 0 Å². The Morgan fingerprint density at radius 1 is 1.29 bits per heavy atom. The molecule has 0 amide bonds. The summed E-state index contributed by atoms with van der Waals surface area (Å²) in [4.78, 5) is 0. The van der Waals surface area contributed by atoms with Crippen molar-refractivity contribution in [3.05, 3.63) is 0 Å². The second-order valence-electron chi connectivity index (χ2n) is 5.36. The predicted molar refractivity (Wildman–Crippen MR) is 55.9 cm³/mol. The van der Waals surface area contributed by atoms with Crippen molar-refractivity contribution in [3.63, 3.8) is 0 Å². The molecule has 2 nitrogen and oxygen atoms in total. The molecule has 82 valence electrons. The van der Waals surface area contributed by atoms with Gasteiger partial charge in [-0.25, -0.2) is 0 Å². The summed E-state index contributed by atoms with van der Waals surface area (Å²) in [5.74, 6) is 1.15. The van der Waals surface area contributed by atoms with Crippen molar-refractivity contribution in [1.82, 2.24) is 0 Å². The molecular weight excluding hydrogens is 176 g/mol. The molecular formula is C12H22O2. The quantitative estimate of drug-likeness (QED) is 0.712.